The van der Waals surface area contributed by atoms with Crippen LogP contribution in [0.5, 0.6) is 11.5 Å². The molecule has 0 fully saturated rings. The highest BCUT2D eigenvalue weighted by Crippen LogP contribution is 2.43. The lowest BCUT2D eigenvalue weighted by molar-refractivity contribution is -0.136. The predicted molar refractivity (Wildman–Crippen MR) is 65.6 cm³/mol. The highest BCUT2D eigenvalue weighted by Gasteiger charge is 2.33. The van der Waals surface area contributed by atoms with Crippen molar-refractivity contribution in [2.75, 3.05) is 23.6 Å². The minimum atomic E-state index is -1.06. The fraction of sp³-hybridized carbons (Fsp3) is 0.333. The van der Waals surface area contributed by atoms with Crippen molar-refractivity contribution in [2.45, 2.75) is 13.0 Å². The fourth-order valence-corrected chi connectivity index (χ4v) is 2.22. The van der Waals surface area contributed by atoms with Gasteiger partial charge in [-0.25, -0.2) is 0 Å². The number of aliphatic carboxylic acids is 1. The van der Waals surface area contributed by atoms with Crippen molar-refractivity contribution in [3.8, 4) is 11.5 Å². The molecule has 0 saturated carbocycles. The van der Waals surface area contributed by atoms with Gasteiger partial charge in [0.25, 0.3) is 0 Å². The Labute approximate surface area is 108 Å². The Hall–Kier alpha value is -2.44. The van der Waals surface area contributed by atoms with Gasteiger partial charge in [-0.2, -0.15) is 0 Å². The van der Waals surface area contributed by atoms with Gasteiger partial charge in [0.2, 0.25) is 12.7 Å². The van der Waals surface area contributed by atoms with Crippen molar-refractivity contribution in [1.29, 1.82) is 0 Å². The van der Waals surface area contributed by atoms with Crippen molar-refractivity contribution in [3.05, 3.63) is 12.1 Å². The monoisotopic (exact) mass is 264 g/mol. The van der Waals surface area contributed by atoms with E-state index in [0.29, 0.717) is 22.9 Å². The molecule has 0 radical (unpaired) electrons. The number of rotatable bonds is 2. The van der Waals surface area contributed by atoms with Crippen LogP contribution in [0.15, 0.2) is 12.1 Å². The van der Waals surface area contributed by atoms with E-state index < -0.39 is 12.0 Å². The number of carboxylic acid groups (broad SMARTS) is 1. The zero-order valence-electron chi connectivity index (χ0n) is 10.2. The zero-order chi connectivity index (χ0) is 13.6. The van der Waals surface area contributed by atoms with E-state index in [1.54, 1.807) is 19.1 Å². The minimum absolute atomic E-state index is 0.126. The summed E-state index contributed by atoms with van der Waals surface area (Å²) < 4.78 is 10.5. The topological polar surface area (TPSA) is 88.1 Å². The van der Waals surface area contributed by atoms with Crippen LogP contribution in [0.25, 0.3) is 0 Å². The smallest absolute Gasteiger partial charge is 0.323 e. The maximum absolute atomic E-state index is 12.1. The number of fused-ring (bicyclic) bond motifs is 2. The average molecular weight is 264 g/mol. The third-order valence-electron chi connectivity index (χ3n) is 3.08. The average Bonchev–Trinajstić information content (AvgIpc) is 2.79. The summed E-state index contributed by atoms with van der Waals surface area (Å²) in [4.78, 5) is 24.2. The van der Waals surface area contributed by atoms with Gasteiger partial charge in [-0.3, -0.25) is 14.5 Å². The van der Waals surface area contributed by atoms with Crippen LogP contribution in [0, 0.1) is 0 Å². The third-order valence-corrected chi connectivity index (χ3v) is 3.08. The van der Waals surface area contributed by atoms with Gasteiger partial charge in [0.05, 0.1) is 11.4 Å². The summed E-state index contributed by atoms with van der Waals surface area (Å²) in [6, 6.07) is 2.86. The molecule has 7 nitrogen and oxygen atoms in total. The van der Waals surface area contributed by atoms with Crippen LogP contribution in [-0.2, 0) is 9.59 Å². The van der Waals surface area contributed by atoms with Crippen LogP contribution < -0.4 is 19.7 Å². The van der Waals surface area contributed by atoms with Crippen LogP contribution in [0.1, 0.15) is 6.92 Å². The summed E-state index contributed by atoms with van der Waals surface area (Å²) in [6.07, 6.45) is 0. The molecule has 0 saturated heterocycles. The highest BCUT2D eigenvalue weighted by atomic mass is 16.7. The fourth-order valence-electron chi connectivity index (χ4n) is 2.22. The van der Waals surface area contributed by atoms with Crippen molar-refractivity contribution in [2.24, 2.45) is 0 Å². The Morgan fingerprint density at radius 2 is 2.16 bits per heavy atom. The van der Waals surface area contributed by atoms with Crippen LogP contribution in [0.3, 0.4) is 0 Å². The largest absolute Gasteiger partial charge is 0.480 e. The normalized spacial score (nSPS) is 19.9. The molecule has 100 valence electrons. The summed E-state index contributed by atoms with van der Waals surface area (Å²) in [5.41, 5.74) is 1.16. The van der Waals surface area contributed by atoms with Gasteiger partial charge in [-0.1, -0.05) is 0 Å². The van der Waals surface area contributed by atoms with E-state index in [4.69, 9.17) is 14.6 Å². The number of ether oxygens (including phenoxy) is 2. The Bertz CT molecular complexity index is 571. The number of amides is 1. The van der Waals surface area contributed by atoms with Crippen LogP contribution in [-0.4, -0.2) is 36.4 Å². The molecule has 1 aromatic rings. The number of carbonyl (C=O) groups is 2. The van der Waals surface area contributed by atoms with E-state index in [2.05, 4.69) is 5.32 Å². The van der Waals surface area contributed by atoms with Crippen LogP contribution in [0.4, 0.5) is 11.4 Å². The van der Waals surface area contributed by atoms with E-state index in [9.17, 15) is 9.59 Å². The number of nitrogens with zero attached hydrogens (tertiary/aromatic N) is 1. The second kappa shape index (κ2) is 4.04. The molecule has 1 atom stereocenters. The first kappa shape index (κ1) is 11.6. The summed E-state index contributed by atoms with van der Waals surface area (Å²) in [5.74, 6) is -0.249. The van der Waals surface area contributed by atoms with Gasteiger partial charge >= 0.3 is 5.97 Å². The molecule has 0 aliphatic carbocycles. The van der Waals surface area contributed by atoms with Gasteiger partial charge in [0.15, 0.2) is 11.5 Å². The highest BCUT2D eigenvalue weighted by molar-refractivity contribution is 6.07. The van der Waals surface area contributed by atoms with E-state index in [-0.39, 0.29) is 19.2 Å². The summed E-state index contributed by atoms with van der Waals surface area (Å²) in [5, 5.41) is 11.9. The first-order chi connectivity index (χ1) is 9.06. The van der Waals surface area contributed by atoms with Gasteiger partial charge in [0.1, 0.15) is 12.6 Å². The van der Waals surface area contributed by atoms with E-state index in [0.717, 1.165) is 0 Å². The Morgan fingerprint density at radius 3 is 2.84 bits per heavy atom. The minimum Gasteiger partial charge on any atom is -0.480 e. The maximum Gasteiger partial charge on any atom is 0.323 e. The molecular weight excluding hydrogens is 252 g/mol. The molecule has 1 unspecified atom stereocenters. The molecule has 2 heterocycles. The molecule has 2 aliphatic heterocycles. The number of carbonyl (C=O) groups excluding carboxylic acids is 1. The summed E-state index contributed by atoms with van der Waals surface area (Å²) >= 11 is 0. The van der Waals surface area contributed by atoms with Gasteiger partial charge < -0.3 is 19.9 Å². The molecule has 0 spiro atoms. The molecule has 2 N–H and O–H groups in total. The van der Waals surface area contributed by atoms with Crippen molar-refractivity contribution >= 4 is 23.3 Å². The van der Waals surface area contributed by atoms with Crippen molar-refractivity contribution in [1.82, 2.24) is 0 Å². The first-order valence-corrected chi connectivity index (χ1v) is 5.79. The van der Waals surface area contributed by atoms with Gasteiger partial charge in [0, 0.05) is 12.1 Å². The maximum atomic E-state index is 12.1. The standard InChI is InChI=1S/C12H12N2O5/c1-6-12(17)14(4-11(15)16)8-3-10-9(18-5-19-10)2-7(8)13-6/h2-3,6,13H,4-5H2,1H3,(H,15,16). The molecule has 1 amide bonds. The lowest BCUT2D eigenvalue weighted by atomic mass is 10.1. The molecule has 0 aromatic heterocycles. The number of hydrogen-bond donors (Lipinski definition) is 2. The molecule has 1 aromatic carbocycles. The van der Waals surface area contributed by atoms with E-state index >= 15 is 0 Å². The second-order valence-electron chi connectivity index (χ2n) is 4.41. The van der Waals surface area contributed by atoms with E-state index in [1.165, 1.54) is 4.90 Å². The van der Waals surface area contributed by atoms with Gasteiger partial charge in [-0.05, 0) is 6.92 Å². The third kappa shape index (κ3) is 1.83. The number of benzene rings is 1. The molecule has 7 heteroatoms. The number of hydrogen-bond acceptors (Lipinski definition) is 5. The molecule has 3 rings (SSSR count). The summed E-state index contributed by atoms with van der Waals surface area (Å²) in [7, 11) is 0. The number of anilines is 2. The van der Waals surface area contributed by atoms with Crippen molar-refractivity contribution < 1.29 is 24.2 Å². The Kier molecular flexibility index (Phi) is 2.48. The second-order valence-corrected chi connectivity index (χ2v) is 4.41. The SMILES string of the molecule is CC1Nc2cc3c(cc2N(CC(=O)O)C1=O)OCO3. The lowest BCUT2D eigenvalue weighted by Gasteiger charge is -2.33. The number of carboxylic acids is 1. The molecular formula is C12H12N2O5. The van der Waals surface area contributed by atoms with E-state index in [1.807, 2.05) is 0 Å². The van der Waals surface area contributed by atoms with Gasteiger partial charge in [-0.15, -0.1) is 0 Å². The van der Waals surface area contributed by atoms with Crippen LogP contribution >= 0.6 is 0 Å². The summed E-state index contributed by atoms with van der Waals surface area (Å²) in [6.45, 7) is 1.43. The van der Waals surface area contributed by atoms with Crippen molar-refractivity contribution in [3.63, 3.8) is 0 Å². The predicted octanol–water partition coefficient (Wildman–Crippen LogP) is 0.647. The zero-order valence-corrected chi connectivity index (χ0v) is 10.2. The Balaban J connectivity index is 2.07. The first-order valence-electron chi connectivity index (χ1n) is 5.79. The Morgan fingerprint density at radius 1 is 1.47 bits per heavy atom. The quantitative estimate of drug-likeness (QED) is 0.815. The molecule has 2 aliphatic rings. The van der Waals surface area contributed by atoms with Crippen LogP contribution in [0.2, 0.25) is 0 Å². The lowest BCUT2D eigenvalue weighted by Crippen LogP contribution is -2.47. The number of nitrogens with one attached hydrogen (secondary N) is 1. The molecule has 0 bridgehead atoms. The molecule has 19 heavy (non-hydrogen) atoms.